The highest BCUT2D eigenvalue weighted by Gasteiger charge is 2.40. The molecule has 0 aliphatic carbocycles. The number of rotatable bonds is 4. The molecule has 0 bridgehead atoms. The zero-order valence-corrected chi connectivity index (χ0v) is 10.2. The van der Waals surface area contributed by atoms with Gasteiger partial charge in [-0.2, -0.15) is 13.2 Å². The van der Waals surface area contributed by atoms with Crippen LogP contribution in [0.1, 0.15) is 20.7 Å². The highest BCUT2D eigenvalue weighted by Crippen LogP contribution is 2.26. The quantitative estimate of drug-likeness (QED) is 0.626. The molecule has 0 aliphatic rings. The molecule has 0 aliphatic heterocycles. The molecule has 0 spiro atoms. The molecule has 0 amide bonds. The van der Waals surface area contributed by atoms with Gasteiger partial charge in [0, 0.05) is 0 Å². The van der Waals surface area contributed by atoms with E-state index in [1.165, 1.54) is 0 Å². The maximum Gasteiger partial charge on any atom is 0.508 e. The Bertz CT molecular complexity index is 526. The molecule has 0 saturated heterocycles. The first-order valence-electron chi connectivity index (χ1n) is 4.64. The van der Waals surface area contributed by atoms with Crippen LogP contribution in [-0.4, -0.2) is 29.1 Å². The SMILES string of the molecule is COC(=O)c1ccc(OS(=O)C(F)(F)F)c(C=O)c1. The van der Waals surface area contributed by atoms with Crippen molar-refractivity contribution in [1.82, 2.24) is 0 Å². The first kappa shape index (κ1) is 15.2. The fourth-order valence-corrected chi connectivity index (χ4v) is 1.50. The summed E-state index contributed by atoms with van der Waals surface area (Å²) in [4.78, 5) is 21.9. The van der Waals surface area contributed by atoms with Gasteiger partial charge in [-0.25, -0.2) is 9.00 Å². The molecular weight excluding hydrogens is 289 g/mol. The third-order valence-electron chi connectivity index (χ3n) is 1.91. The average Bonchev–Trinajstić information content (AvgIpc) is 2.37. The topological polar surface area (TPSA) is 69.7 Å². The second-order valence-electron chi connectivity index (χ2n) is 3.13. The van der Waals surface area contributed by atoms with E-state index in [9.17, 15) is 27.0 Å². The van der Waals surface area contributed by atoms with Crippen molar-refractivity contribution in [3.05, 3.63) is 29.3 Å². The largest absolute Gasteiger partial charge is 0.508 e. The van der Waals surface area contributed by atoms with Crippen LogP contribution >= 0.6 is 0 Å². The van der Waals surface area contributed by atoms with Crippen LogP contribution in [-0.2, 0) is 15.8 Å². The monoisotopic (exact) mass is 296 g/mol. The molecule has 1 rings (SSSR count). The number of benzene rings is 1. The Balaban J connectivity index is 3.07. The number of ether oxygens (including phenoxy) is 1. The van der Waals surface area contributed by atoms with Gasteiger partial charge in [-0.1, -0.05) is 0 Å². The summed E-state index contributed by atoms with van der Waals surface area (Å²) in [5, 5.41) is 0. The highest BCUT2D eigenvalue weighted by molar-refractivity contribution is 7.81. The molecule has 1 aromatic rings. The van der Waals surface area contributed by atoms with Crippen molar-refractivity contribution in [2.75, 3.05) is 7.11 Å². The summed E-state index contributed by atoms with van der Waals surface area (Å²) in [5.74, 6) is -1.31. The van der Waals surface area contributed by atoms with Gasteiger partial charge in [0.05, 0.1) is 18.2 Å². The molecule has 0 fully saturated rings. The Morgan fingerprint density at radius 1 is 1.37 bits per heavy atom. The second kappa shape index (κ2) is 5.83. The minimum atomic E-state index is -5.07. The number of hydrogen-bond acceptors (Lipinski definition) is 5. The molecular formula is C10H7F3O5S. The Labute approximate surface area is 108 Å². The van der Waals surface area contributed by atoms with Crippen molar-refractivity contribution in [3.63, 3.8) is 0 Å². The molecule has 1 unspecified atom stereocenters. The summed E-state index contributed by atoms with van der Waals surface area (Å²) in [5.41, 5.74) is -5.46. The average molecular weight is 296 g/mol. The van der Waals surface area contributed by atoms with Gasteiger partial charge < -0.3 is 8.92 Å². The highest BCUT2D eigenvalue weighted by atomic mass is 32.2. The lowest BCUT2D eigenvalue weighted by Crippen LogP contribution is -2.21. The number of carbonyl (C=O) groups excluding carboxylic acids is 2. The Morgan fingerprint density at radius 2 is 2.00 bits per heavy atom. The third-order valence-corrected chi connectivity index (χ3v) is 2.62. The Kier molecular flexibility index (Phi) is 4.65. The van der Waals surface area contributed by atoms with Gasteiger partial charge in [-0.3, -0.25) is 4.79 Å². The number of esters is 1. The van der Waals surface area contributed by atoms with E-state index in [1.807, 2.05) is 0 Å². The zero-order valence-electron chi connectivity index (χ0n) is 9.39. The first-order chi connectivity index (χ1) is 8.79. The number of methoxy groups -OCH3 is 1. The number of aldehydes is 1. The van der Waals surface area contributed by atoms with Gasteiger partial charge in [-0.05, 0) is 18.2 Å². The van der Waals surface area contributed by atoms with Crippen LogP contribution in [0, 0.1) is 0 Å². The van der Waals surface area contributed by atoms with Crippen LogP contribution in [0.25, 0.3) is 0 Å². The summed E-state index contributed by atoms with van der Waals surface area (Å²) in [7, 11) is 1.10. The zero-order chi connectivity index (χ0) is 14.6. The predicted octanol–water partition coefficient (Wildman–Crippen LogP) is 1.85. The van der Waals surface area contributed by atoms with Gasteiger partial charge >= 0.3 is 22.6 Å². The van der Waals surface area contributed by atoms with Gasteiger partial charge in [-0.15, -0.1) is 0 Å². The van der Waals surface area contributed by atoms with Crippen LogP contribution in [0.3, 0.4) is 0 Å². The molecule has 0 N–H and O–H groups in total. The van der Waals surface area contributed by atoms with Crippen molar-refractivity contribution in [1.29, 1.82) is 0 Å². The maximum atomic E-state index is 12.0. The minimum Gasteiger partial charge on any atom is -0.465 e. The number of carbonyl (C=O) groups is 2. The molecule has 1 aromatic carbocycles. The fourth-order valence-electron chi connectivity index (χ4n) is 1.09. The van der Waals surface area contributed by atoms with E-state index < -0.39 is 28.3 Å². The normalized spacial score (nSPS) is 12.6. The molecule has 0 heterocycles. The van der Waals surface area contributed by atoms with Crippen molar-refractivity contribution in [3.8, 4) is 5.75 Å². The molecule has 1 atom stereocenters. The smallest absolute Gasteiger partial charge is 0.465 e. The van der Waals surface area contributed by atoms with Crippen molar-refractivity contribution in [2.45, 2.75) is 5.51 Å². The van der Waals surface area contributed by atoms with Gasteiger partial charge in [0.1, 0.15) is 0 Å². The summed E-state index contributed by atoms with van der Waals surface area (Å²) in [6, 6.07) is 2.99. The standard InChI is InChI=1S/C10H7F3O5S/c1-17-9(15)6-2-3-8(7(4-6)5-14)18-19(16)10(11,12)13/h2-5H,1H3. The van der Waals surface area contributed by atoms with E-state index in [0.29, 0.717) is 0 Å². The summed E-state index contributed by atoms with van der Waals surface area (Å²) in [6.45, 7) is 0. The van der Waals surface area contributed by atoms with Gasteiger partial charge in [0.25, 0.3) is 0 Å². The number of alkyl halides is 3. The summed E-state index contributed by atoms with van der Waals surface area (Å²) >= 11 is -3.59. The molecule has 5 nitrogen and oxygen atoms in total. The van der Waals surface area contributed by atoms with E-state index in [0.717, 1.165) is 25.3 Å². The molecule has 0 aromatic heterocycles. The van der Waals surface area contributed by atoms with E-state index in [2.05, 4.69) is 8.92 Å². The lowest BCUT2D eigenvalue weighted by atomic mass is 10.1. The molecule has 0 saturated carbocycles. The predicted molar refractivity (Wildman–Crippen MR) is 58.0 cm³/mol. The first-order valence-corrected chi connectivity index (χ1v) is 5.71. The van der Waals surface area contributed by atoms with Crippen LogP contribution in [0.15, 0.2) is 18.2 Å². The van der Waals surface area contributed by atoms with Gasteiger partial charge in [0.2, 0.25) is 0 Å². The molecule has 19 heavy (non-hydrogen) atoms. The lowest BCUT2D eigenvalue weighted by Gasteiger charge is -2.09. The maximum absolute atomic E-state index is 12.0. The van der Waals surface area contributed by atoms with E-state index in [4.69, 9.17) is 0 Å². The molecule has 0 radical (unpaired) electrons. The number of halogens is 3. The number of hydrogen-bond donors (Lipinski definition) is 0. The van der Waals surface area contributed by atoms with Crippen molar-refractivity contribution in [2.24, 2.45) is 0 Å². The molecule has 104 valence electrons. The van der Waals surface area contributed by atoms with Crippen LogP contribution in [0.4, 0.5) is 13.2 Å². The molecule has 9 heteroatoms. The third kappa shape index (κ3) is 3.78. The van der Waals surface area contributed by atoms with Crippen LogP contribution < -0.4 is 4.18 Å². The van der Waals surface area contributed by atoms with Crippen molar-refractivity contribution < 1.29 is 35.9 Å². The Morgan fingerprint density at radius 3 is 2.47 bits per heavy atom. The van der Waals surface area contributed by atoms with E-state index in [-0.39, 0.29) is 17.4 Å². The van der Waals surface area contributed by atoms with Crippen LogP contribution in [0.5, 0.6) is 5.75 Å². The second-order valence-corrected chi connectivity index (χ2v) is 4.22. The Hall–Kier alpha value is -1.90. The van der Waals surface area contributed by atoms with Crippen LogP contribution in [0.2, 0.25) is 0 Å². The van der Waals surface area contributed by atoms with E-state index in [1.54, 1.807) is 0 Å². The van der Waals surface area contributed by atoms with Gasteiger partial charge in [0.15, 0.2) is 12.0 Å². The van der Waals surface area contributed by atoms with Crippen molar-refractivity contribution >= 4 is 23.3 Å². The fraction of sp³-hybridized carbons (Fsp3) is 0.200. The minimum absolute atomic E-state index is 0.0465. The lowest BCUT2D eigenvalue weighted by molar-refractivity contribution is -0.0437. The summed E-state index contributed by atoms with van der Waals surface area (Å²) < 4.78 is 55.4. The van der Waals surface area contributed by atoms with E-state index >= 15 is 0 Å². The summed E-state index contributed by atoms with van der Waals surface area (Å²) in [6.07, 6.45) is 0.176.